The Labute approximate surface area is 114 Å². The molecular weight excluding hydrogens is 273 g/mol. The summed E-state index contributed by atoms with van der Waals surface area (Å²) >= 11 is 0. The predicted molar refractivity (Wildman–Crippen MR) is 65.3 cm³/mol. The van der Waals surface area contributed by atoms with Gasteiger partial charge in [0.05, 0.1) is 12.2 Å². The minimum absolute atomic E-state index is 0.228. The molecule has 110 valence electrons. The number of benzene rings is 1. The summed E-state index contributed by atoms with van der Waals surface area (Å²) in [5.74, 6) is -0.962. The number of carboxylic acids is 1. The average molecular weight is 288 g/mol. The van der Waals surface area contributed by atoms with E-state index in [9.17, 15) is 18.0 Å². The van der Waals surface area contributed by atoms with Gasteiger partial charge in [0.2, 0.25) is 0 Å². The minimum Gasteiger partial charge on any atom is -0.479 e. The second-order valence-corrected chi connectivity index (χ2v) is 4.99. The lowest BCUT2D eigenvalue weighted by molar-refractivity contribution is -0.143. The number of rotatable bonds is 6. The smallest absolute Gasteiger partial charge is 0.416 e. The van der Waals surface area contributed by atoms with Crippen LogP contribution in [0.1, 0.15) is 30.4 Å². The van der Waals surface area contributed by atoms with Crippen LogP contribution < -0.4 is 0 Å². The minimum atomic E-state index is -4.33. The van der Waals surface area contributed by atoms with E-state index in [1.165, 1.54) is 6.07 Å². The van der Waals surface area contributed by atoms with E-state index >= 15 is 0 Å². The van der Waals surface area contributed by atoms with Crippen LogP contribution >= 0.6 is 0 Å². The molecule has 0 bridgehead atoms. The molecule has 0 spiro atoms. The molecule has 20 heavy (non-hydrogen) atoms. The van der Waals surface area contributed by atoms with Gasteiger partial charge in [0.25, 0.3) is 0 Å². The van der Waals surface area contributed by atoms with Crippen molar-refractivity contribution in [3.8, 4) is 0 Å². The molecule has 1 heterocycles. The Balaban J connectivity index is 1.81. The molecule has 1 aliphatic heterocycles. The van der Waals surface area contributed by atoms with E-state index in [1.54, 1.807) is 6.07 Å². The predicted octanol–water partition coefficient (Wildman–Crippen LogP) is 3.27. The molecule has 1 unspecified atom stereocenters. The Bertz CT molecular complexity index is 493. The van der Waals surface area contributed by atoms with Gasteiger partial charge in [0.15, 0.2) is 5.60 Å². The van der Waals surface area contributed by atoms with Gasteiger partial charge in [-0.3, -0.25) is 0 Å². The van der Waals surface area contributed by atoms with Crippen LogP contribution in [0.2, 0.25) is 0 Å². The van der Waals surface area contributed by atoms with Crippen LogP contribution in [0.25, 0.3) is 0 Å². The Kier molecular flexibility index (Phi) is 4.04. The summed E-state index contributed by atoms with van der Waals surface area (Å²) in [6, 6.07) is 5.22. The normalized spacial score (nSPS) is 21.8. The first-order valence-electron chi connectivity index (χ1n) is 6.37. The first kappa shape index (κ1) is 14.8. The Morgan fingerprint density at radius 1 is 1.35 bits per heavy atom. The Morgan fingerprint density at radius 2 is 2.05 bits per heavy atom. The van der Waals surface area contributed by atoms with Crippen molar-refractivity contribution in [3.63, 3.8) is 0 Å². The van der Waals surface area contributed by atoms with Gasteiger partial charge in [-0.15, -0.1) is 0 Å². The summed E-state index contributed by atoms with van der Waals surface area (Å²) in [5.41, 5.74) is -1.07. The van der Waals surface area contributed by atoms with Crippen LogP contribution in [0.15, 0.2) is 24.3 Å². The number of aliphatic carboxylic acids is 1. The number of carbonyl (C=O) groups is 1. The quantitative estimate of drug-likeness (QED) is 0.645. The molecule has 0 radical (unpaired) electrons. The van der Waals surface area contributed by atoms with Gasteiger partial charge < -0.3 is 9.84 Å². The third kappa shape index (κ3) is 3.50. The van der Waals surface area contributed by atoms with Gasteiger partial charge in [-0.2, -0.15) is 13.2 Å². The van der Waals surface area contributed by atoms with E-state index in [0.717, 1.165) is 12.1 Å². The number of carboxylic acid groups (broad SMARTS) is 1. The van der Waals surface area contributed by atoms with Gasteiger partial charge in [0, 0.05) is 0 Å². The largest absolute Gasteiger partial charge is 0.479 e. The number of epoxide rings is 1. The number of ether oxygens (including phenoxy) is 1. The van der Waals surface area contributed by atoms with Crippen molar-refractivity contribution in [1.82, 2.24) is 0 Å². The fourth-order valence-electron chi connectivity index (χ4n) is 2.10. The monoisotopic (exact) mass is 288 g/mol. The summed E-state index contributed by atoms with van der Waals surface area (Å²) in [6.45, 7) is 0.228. The van der Waals surface area contributed by atoms with Crippen molar-refractivity contribution < 1.29 is 27.8 Å². The lowest BCUT2D eigenvalue weighted by Crippen LogP contribution is -2.23. The number of hydrogen-bond acceptors (Lipinski definition) is 2. The molecule has 1 N–H and O–H groups in total. The highest BCUT2D eigenvalue weighted by molar-refractivity contribution is 5.80. The maximum absolute atomic E-state index is 12.5. The molecule has 0 aliphatic carbocycles. The SMILES string of the molecule is O=C(O)C1(CCCCc2cccc(C(F)(F)F)c2)CO1. The molecule has 1 saturated heterocycles. The highest BCUT2D eigenvalue weighted by Crippen LogP contribution is 2.33. The molecule has 6 heteroatoms. The zero-order valence-corrected chi connectivity index (χ0v) is 10.7. The first-order valence-corrected chi connectivity index (χ1v) is 6.37. The highest BCUT2D eigenvalue weighted by Gasteiger charge is 2.51. The molecule has 1 aromatic rings. The van der Waals surface area contributed by atoms with Gasteiger partial charge in [-0.25, -0.2) is 4.79 Å². The van der Waals surface area contributed by atoms with Crippen molar-refractivity contribution in [3.05, 3.63) is 35.4 Å². The van der Waals surface area contributed by atoms with Gasteiger partial charge in [0.1, 0.15) is 0 Å². The average Bonchev–Trinajstić information content (AvgIpc) is 3.15. The Morgan fingerprint density at radius 3 is 2.60 bits per heavy atom. The van der Waals surface area contributed by atoms with Crippen LogP contribution in [0, 0.1) is 0 Å². The van der Waals surface area contributed by atoms with Crippen molar-refractivity contribution >= 4 is 5.97 Å². The van der Waals surface area contributed by atoms with Crippen LogP contribution in [0.4, 0.5) is 13.2 Å². The van der Waals surface area contributed by atoms with Crippen LogP contribution in [-0.4, -0.2) is 23.3 Å². The highest BCUT2D eigenvalue weighted by atomic mass is 19.4. The molecule has 2 rings (SSSR count). The van der Waals surface area contributed by atoms with Crippen LogP contribution in [-0.2, 0) is 22.1 Å². The number of aryl methyl sites for hydroxylation is 1. The third-order valence-corrected chi connectivity index (χ3v) is 3.43. The van der Waals surface area contributed by atoms with E-state index in [0.29, 0.717) is 31.2 Å². The maximum atomic E-state index is 12.5. The molecular formula is C14H15F3O3. The number of halogens is 3. The summed E-state index contributed by atoms with van der Waals surface area (Å²) in [6.07, 6.45) is -2.17. The van der Waals surface area contributed by atoms with Crippen molar-refractivity contribution in [2.45, 2.75) is 37.5 Å². The van der Waals surface area contributed by atoms with E-state index in [1.807, 2.05) is 0 Å². The topological polar surface area (TPSA) is 49.8 Å². The standard InChI is InChI=1S/C14H15F3O3/c15-14(16,17)11-6-3-5-10(8-11)4-1-2-7-13(9-20-13)12(18)19/h3,5-6,8H,1-2,4,7,9H2,(H,18,19). The fourth-order valence-corrected chi connectivity index (χ4v) is 2.10. The molecule has 1 fully saturated rings. The lowest BCUT2D eigenvalue weighted by atomic mass is 9.99. The van der Waals surface area contributed by atoms with Gasteiger partial charge in [-0.05, 0) is 37.3 Å². The second kappa shape index (κ2) is 5.44. The maximum Gasteiger partial charge on any atom is 0.416 e. The fraction of sp³-hybridized carbons (Fsp3) is 0.500. The molecule has 1 atom stereocenters. The van der Waals surface area contributed by atoms with Crippen molar-refractivity contribution in [2.24, 2.45) is 0 Å². The van der Waals surface area contributed by atoms with Gasteiger partial charge >= 0.3 is 12.1 Å². The molecule has 0 aromatic heterocycles. The van der Waals surface area contributed by atoms with E-state index in [2.05, 4.69) is 0 Å². The summed E-state index contributed by atoms with van der Waals surface area (Å²) in [5, 5.41) is 8.90. The van der Waals surface area contributed by atoms with E-state index < -0.39 is 23.3 Å². The molecule has 3 nitrogen and oxygen atoms in total. The zero-order valence-electron chi connectivity index (χ0n) is 10.7. The zero-order chi connectivity index (χ0) is 14.8. The number of unbranched alkanes of at least 4 members (excludes halogenated alkanes) is 1. The summed E-state index contributed by atoms with van der Waals surface area (Å²) < 4.78 is 42.5. The summed E-state index contributed by atoms with van der Waals surface area (Å²) in [7, 11) is 0. The molecule has 0 saturated carbocycles. The van der Waals surface area contributed by atoms with Gasteiger partial charge in [-0.1, -0.05) is 18.2 Å². The van der Waals surface area contributed by atoms with Crippen LogP contribution in [0.3, 0.4) is 0 Å². The van der Waals surface area contributed by atoms with Crippen molar-refractivity contribution in [1.29, 1.82) is 0 Å². The van der Waals surface area contributed by atoms with Crippen molar-refractivity contribution in [2.75, 3.05) is 6.61 Å². The number of hydrogen-bond donors (Lipinski definition) is 1. The number of alkyl halides is 3. The Hall–Kier alpha value is -1.56. The lowest BCUT2D eigenvalue weighted by Gasteiger charge is -2.09. The second-order valence-electron chi connectivity index (χ2n) is 4.99. The molecule has 1 aromatic carbocycles. The third-order valence-electron chi connectivity index (χ3n) is 3.43. The first-order chi connectivity index (χ1) is 9.33. The van der Waals surface area contributed by atoms with E-state index in [-0.39, 0.29) is 6.61 Å². The summed E-state index contributed by atoms with van der Waals surface area (Å²) in [4.78, 5) is 10.9. The molecule has 1 aliphatic rings. The van der Waals surface area contributed by atoms with E-state index in [4.69, 9.17) is 9.84 Å². The van der Waals surface area contributed by atoms with Crippen LogP contribution in [0.5, 0.6) is 0 Å². The molecule has 0 amide bonds.